The van der Waals surface area contributed by atoms with E-state index in [1.807, 2.05) is 18.2 Å². The molecule has 180 valence electrons. The van der Waals surface area contributed by atoms with Gasteiger partial charge in [0.25, 0.3) is 11.6 Å². The van der Waals surface area contributed by atoms with Crippen LogP contribution < -0.4 is 15.8 Å². The summed E-state index contributed by atoms with van der Waals surface area (Å²) in [5.74, 6) is -0.924. The Morgan fingerprint density at radius 1 is 0.914 bits per heavy atom. The maximum absolute atomic E-state index is 12.5. The molecule has 4 rings (SSSR count). The van der Waals surface area contributed by atoms with Crippen LogP contribution in [0, 0.1) is 20.2 Å². The molecule has 1 aliphatic rings. The molecule has 0 aliphatic carbocycles. The number of aromatic nitrogens is 2. The van der Waals surface area contributed by atoms with E-state index < -0.39 is 27.1 Å². The lowest BCUT2D eigenvalue weighted by Gasteiger charge is -2.35. The first-order valence-electron chi connectivity index (χ1n) is 10.7. The second-order valence-electron chi connectivity index (χ2n) is 7.75. The molecule has 0 unspecified atom stereocenters. The molecule has 1 aliphatic heterocycles. The first-order valence-corrected chi connectivity index (χ1v) is 10.7. The SMILES string of the molecule is O=C(NNc1ncnc(N2CCN(Cc3ccccc3)CC2)c1[N+](=O)[O-])c1ccccc1[N+](=O)[O-]. The van der Waals surface area contributed by atoms with Crippen LogP contribution in [0.1, 0.15) is 15.9 Å². The molecule has 0 bridgehead atoms. The number of amides is 1. The van der Waals surface area contributed by atoms with E-state index in [2.05, 4.69) is 37.9 Å². The lowest BCUT2D eigenvalue weighted by Crippen LogP contribution is -2.46. The summed E-state index contributed by atoms with van der Waals surface area (Å²) in [7, 11) is 0. The predicted molar refractivity (Wildman–Crippen MR) is 127 cm³/mol. The maximum Gasteiger partial charge on any atom is 0.355 e. The van der Waals surface area contributed by atoms with Crippen LogP contribution >= 0.6 is 0 Å². The molecule has 0 radical (unpaired) electrons. The first kappa shape index (κ1) is 23.5. The smallest absolute Gasteiger partial charge is 0.348 e. The standard InChI is InChI=1S/C22H22N8O5/c31-22(17-8-4-5-9-18(17)29(32)33)26-25-20-19(30(34)35)21(24-15-23-20)28-12-10-27(11-13-28)14-16-6-2-1-3-7-16/h1-9,15H,10-14H2,(H,26,31)(H,23,24,25). The van der Waals surface area contributed by atoms with Gasteiger partial charge in [0.2, 0.25) is 11.6 Å². The van der Waals surface area contributed by atoms with Crippen LogP contribution in [0.3, 0.4) is 0 Å². The second kappa shape index (κ2) is 10.5. The molecule has 1 amide bonds. The van der Waals surface area contributed by atoms with Crippen molar-refractivity contribution in [3.63, 3.8) is 0 Å². The van der Waals surface area contributed by atoms with Gasteiger partial charge in [-0.2, -0.15) is 0 Å². The molecule has 2 N–H and O–H groups in total. The quantitative estimate of drug-likeness (QED) is 0.363. The molecule has 0 saturated carbocycles. The average Bonchev–Trinajstić information content (AvgIpc) is 2.88. The number of nitro benzene ring substituents is 1. The fraction of sp³-hybridized carbons (Fsp3) is 0.227. The Labute approximate surface area is 199 Å². The van der Waals surface area contributed by atoms with E-state index in [-0.39, 0.29) is 17.2 Å². The van der Waals surface area contributed by atoms with Crippen molar-refractivity contribution < 1.29 is 14.6 Å². The van der Waals surface area contributed by atoms with Gasteiger partial charge >= 0.3 is 5.69 Å². The van der Waals surface area contributed by atoms with Gasteiger partial charge in [-0.3, -0.25) is 40.8 Å². The van der Waals surface area contributed by atoms with Crippen molar-refractivity contribution in [2.45, 2.75) is 6.54 Å². The minimum Gasteiger partial charge on any atom is -0.348 e. The third kappa shape index (κ3) is 5.47. The number of piperazine rings is 1. The van der Waals surface area contributed by atoms with Gasteiger partial charge in [0, 0.05) is 38.8 Å². The Kier molecular flexibility index (Phi) is 7.07. The highest BCUT2D eigenvalue weighted by molar-refractivity contribution is 5.98. The molecule has 0 atom stereocenters. The number of benzene rings is 2. The van der Waals surface area contributed by atoms with Crippen LogP contribution in [0.2, 0.25) is 0 Å². The summed E-state index contributed by atoms with van der Waals surface area (Å²) in [4.78, 5) is 46.3. The number of hydrogen-bond acceptors (Lipinski definition) is 10. The molecular formula is C22H22N8O5. The van der Waals surface area contributed by atoms with Gasteiger partial charge in [-0.1, -0.05) is 42.5 Å². The maximum atomic E-state index is 12.5. The summed E-state index contributed by atoms with van der Waals surface area (Å²) in [6.45, 7) is 3.20. The van der Waals surface area contributed by atoms with Crippen molar-refractivity contribution in [2.75, 3.05) is 36.5 Å². The fourth-order valence-corrected chi connectivity index (χ4v) is 3.83. The highest BCUT2D eigenvalue weighted by atomic mass is 16.6. The van der Waals surface area contributed by atoms with Gasteiger partial charge in [0.1, 0.15) is 11.9 Å². The van der Waals surface area contributed by atoms with E-state index in [1.165, 1.54) is 29.8 Å². The highest BCUT2D eigenvalue weighted by Crippen LogP contribution is 2.32. The molecule has 3 aromatic rings. The minimum absolute atomic E-state index is 0.131. The van der Waals surface area contributed by atoms with E-state index in [4.69, 9.17) is 0 Å². The number of carbonyl (C=O) groups excluding carboxylic acids is 1. The Hall–Kier alpha value is -4.65. The Morgan fingerprint density at radius 3 is 2.29 bits per heavy atom. The number of nitro groups is 2. The molecule has 13 heteroatoms. The second-order valence-corrected chi connectivity index (χ2v) is 7.75. The number of rotatable bonds is 8. The van der Waals surface area contributed by atoms with Crippen LogP contribution in [0.25, 0.3) is 0 Å². The number of nitrogens with zero attached hydrogens (tertiary/aromatic N) is 6. The number of anilines is 2. The van der Waals surface area contributed by atoms with Gasteiger partial charge in [-0.05, 0) is 11.6 Å². The zero-order valence-electron chi connectivity index (χ0n) is 18.5. The third-order valence-electron chi connectivity index (χ3n) is 5.55. The van der Waals surface area contributed by atoms with Crippen molar-refractivity contribution in [3.05, 3.63) is 92.3 Å². The molecule has 1 aromatic heterocycles. The summed E-state index contributed by atoms with van der Waals surface area (Å²) in [6, 6.07) is 15.4. The van der Waals surface area contributed by atoms with Crippen molar-refractivity contribution in [1.29, 1.82) is 0 Å². The largest absolute Gasteiger partial charge is 0.355 e. The monoisotopic (exact) mass is 478 g/mol. The number of carbonyl (C=O) groups is 1. The summed E-state index contributed by atoms with van der Waals surface area (Å²) in [5, 5.41) is 23.1. The van der Waals surface area contributed by atoms with Crippen LogP contribution in [0.4, 0.5) is 23.0 Å². The van der Waals surface area contributed by atoms with Crippen molar-refractivity contribution in [3.8, 4) is 0 Å². The summed E-state index contributed by atoms with van der Waals surface area (Å²) in [5.41, 5.74) is 4.89. The zero-order chi connectivity index (χ0) is 24.8. The molecule has 0 spiro atoms. The number of nitrogens with one attached hydrogen (secondary N) is 2. The molecule has 13 nitrogen and oxygen atoms in total. The minimum atomic E-state index is -0.832. The van der Waals surface area contributed by atoms with Crippen molar-refractivity contribution in [2.24, 2.45) is 0 Å². The fourth-order valence-electron chi connectivity index (χ4n) is 3.83. The third-order valence-corrected chi connectivity index (χ3v) is 5.55. The van der Waals surface area contributed by atoms with E-state index in [0.29, 0.717) is 26.2 Å². The summed E-state index contributed by atoms with van der Waals surface area (Å²) >= 11 is 0. The molecule has 35 heavy (non-hydrogen) atoms. The van der Waals surface area contributed by atoms with E-state index in [1.54, 1.807) is 4.90 Å². The molecule has 2 aromatic carbocycles. The number of hydrazine groups is 1. The topological polar surface area (TPSA) is 160 Å². The molecular weight excluding hydrogens is 456 g/mol. The Morgan fingerprint density at radius 2 is 1.60 bits per heavy atom. The van der Waals surface area contributed by atoms with E-state index >= 15 is 0 Å². The van der Waals surface area contributed by atoms with Crippen LogP contribution in [0.5, 0.6) is 0 Å². The van der Waals surface area contributed by atoms with Gasteiger partial charge in [0.15, 0.2) is 0 Å². The number of hydrogen-bond donors (Lipinski definition) is 2. The Bertz CT molecular complexity index is 1230. The lowest BCUT2D eigenvalue weighted by molar-refractivity contribution is -0.385. The number of para-hydroxylation sites is 1. The van der Waals surface area contributed by atoms with E-state index in [9.17, 15) is 25.0 Å². The van der Waals surface area contributed by atoms with Crippen molar-refractivity contribution in [1.82, 2.24) is 20.3 Å². The predicted octanol–water partition coefficient (Wildman–Crippen LogP) is 2.37. The normalized spacial score (nSPS) is 13.8. The van der Waals surface area contributed by atoms with Gasteiger partial charge in [-0.25, -0.2) is 9.97 Å². The zero-order valence-corrected chi connectivity index (χ0v) is 18.5. The molecule has 2 heterocycles. The van der Waals surface area contributed by atoms with Crippen molar-refractivity contribution >= 4 is 28.9 Å². The summed E-state index contributed by atoms with van der Waals surface area (Å²) in [6.07, 6.45) is 1.16. The molecule has 1 fully saturated rings. The highest BCUT2D eigenvalue weighted by Gasteiger charge is 2.30. The Balaban J connectivity index is 1.46. The van der Waals surface area contributed by atoms with Crippen LogP contribution in [-0.4, -0.2) is 56.8 Å². The van der Waals surface area contributed by atoms with E-state index in [0.717, 1.165) is 12.9 Å². The van der Waals surface area contributed by atoms with Gasteiger partial charge in [-0.15, -0.1) is 0 Å². The first-order chi connectivity index (χ1) is 16.9. The van der Waals surface area contributed by atoms with Crippen LogP contribution in [0.15, 0.2) is 60.9 Å². The average molecular weight is 478 g/mol. The summed E-state index contributed by atoms with van der Waals surface area (Å²) < 4.78 is 0. The lowest BCUT2D eigenvalue weighted by atomic mass is 10.2. The van der Waals surface area contributed by atoms with Crippen LogP contribution in [-0.2, 0) is 6.54 Å². The van der Waals surface area contributed by atoms with Gasteiger partial charge < -0.3 is 4.90 Å². The molecule has 1 saturated heterocycles. The van der Waals surface area contributed by atoms with Gasteiger partial charge in [0.05, 0.1) is 9.85 Å².